The number of methoxy groups -OCH3 is 1. The maximum absolute atomic E-state index is 13.1. The Morgan fingerprint density at radius 2 is 1.83 bits per heavy atom. The lowest BCUT2D eigenvalue weighted by Gasteiger charge is -2.19. The van der Waals surface area contributed by atoms with Gasteiger partial charge in [-0.1, -0.05) is 7.92 Å². The Balaban J connectivity index is 1.54. The first-order valence-electron chi connectivity index (χ1n) is 12.6. The van der Waals surface area contributed by atoms with E-state index in [0.717, 1.165) is 27.6 Å². The Hall–Kier alpha value is -4.15. The zero-order valence-corrected chi connectivity index (χ0v) is 25.9. The summed E-state index contributed by atoms with van der Waals surface area (Å²) in [5, 5.41) is 12.1. The molecule has 5 aromatic rings. The van der Waals surface area contributed by atoms with Crippen LogP contribution in [0.15, 0.2) is 59.7 Å². The van der Waals surface area contributed by atoms with Gasteiger partial charge in [0.2, 0.25) is 5.95 Å². The number of hydrogen-bond donors (Lipinski definition) is 2. The number of aromatic nitrogens is 6. The number of carbonyl (C=O) groups is 1. The molecule has 0 atom stereocenters. The normalized spacial score (nSPS) is 11.1. The van der Waals surface area contributed by atoms with E-state index in [0.29, 0.717) is 38.8 Å². The quantitative estimate of drug-likeness (QED) is 0.223. The summed E-state index contributed by atoms with van der Waals surface area (Å²) in [5.41, 5.74) is 5.22. The molecular formula is C28H29BrN9O2P. The fourth-order valence-electron chi connectivity index (χ4n) is 4.40. The van der Waals surface area contributed by atoms with Gasteiger partial charge in [0.1, 0.15) is 11.6 Å². The van der Waals surface area contributed by atoms with Gasteiger partial charge < -0.3 is 20.3 Å². The number of rotatable bonds is 8. The molecule has 0 aliphatic carbocycles. The van der Waals surface area contributed by atoms with E-state index in [2.05, 4.69) is 59.9 Å². The highest BCUT2D eigenvalue weighted by atomic mass is 79.9. The van der Waals surface area contributed by atoms with Crippen LogP contribution in [-0.2, 0) is 7.05 Å². The zero-order valence-electron chi connectivity index (χ0n) is 23.5. The molecule has 0 saturated carbocycles. The number of anilines is 4. The van der Waals surface area contributed by atoms with E-state index in [4.69, 9.17) is 9.72 Å². The number of aryl methyl sites for hydroxylation is 1. The number of fused-ring (bicyclic) bond motifs is 1. The van der Waals surface area contributed by atoms with E-state index in [1.807, 2.05) is 31.4 Å². The Morgan fingerprint density at radius 1 is 1.05 bits per heavy atom. The minimum atomic E-state index is -0.507. The summed E-state index contributed by atoms with van der Waals surface area (Å²) >= 11 is 3.58. The van der Waals surface area contributed by atoms with Crippen LogP contribution in [0.3, 0.4) is 0 Å². The highest BCUT2D eigenvalue weighted by Gasteiger charge is 2.21. The molecule has 0 aliphatic heterocycles. The average molecular weight is 634 g/mol. The van der Waals surface area contributed by atoms with Crippen LogP contribution in [0.5, 0.6) is 5.75 Å². The van der Waals surface area contributed by atoms with Crippen molar-refractivity contribution in [2.45, 2.75) is 0 Å². The second-order valence-corrected chi connectivity index (χ2v) is 12.7. The van der Waals surface area contributed by atoms with Crippen molar-refractivity contribution in [3.05, 3.63) is 65.3 Å². The lowest BCUT2D eigenvalue weighted by Crippen LogP contribution is -2.22. The molecule has 0 fully saturated rings. The average Bonchev–Trinajstić information content (AvgIpc) is 3.39. The van der Waals surface area contributed by atoms with Gasteiger partial charge in [-0.2, -0.15) is 10.1 Å². The van der Waals surface area contributed by atoms with E-state index < -0.39 is 7.92 Å². The van der Waals surface area contributed by atoms with Crippen LogP contribution in [0.25, 0.3) is 22.2 Å². The van der Waals surface area contributed by atoms with Gasteiger partial charge in [-0.15, -0.1) is 0 Å². The predicted octanol–water partition coefficient (Wildman–Crippen LogP) is 5.15. The van der Waals surface area contributed by atoms with Gasteiger partial charge in [0, 0.05) is 62.5 Å². The monoisotopic (exact) mass is 633 g/mol. The molecule has 3 heterocycles. The third-order valence-corrected chi connectivity index (χ3v) is 8.22. The number of benzene rings is 2. The van der Waals surface area contributed by atoms with Crippen molar-refractivity contribution in [2.75, 3.05) is 45.2 Å². The molecular weight excluding hydrogens is 605 g/mol. The number of ether oxygens (including phenoxy) is 1. The molecule has 0 aliphatic rings. The van der Waals surface area contributed by atoms with Crippen molar-refractivity contribution >= 4 is 69.2 Å². The van der Waals surface area contributed by atoms with Crippen molar-refractivity contribution in [3.63, 3.8) is 0 Å². The summed E-state index contributed by atoms with van der Waals surface area (Å²) in [5.74, 6) is 1.24. The van der Waals surface area contributed by atoms with Crippen LogP contribution in [0.1, 0.15) is 10.4 Å². The van der Waals surface area contributed by atoms with Crippen molar-refractivity contribution in [3.8, 4) is 16.9 Å². The van der Waals surface area contributed by atoms with Crippen molar-refractivity contribution < 1.29 is 9.53 Å². The Kier molecular flexibility index (Phi) is 8.14. The molecule has 0 saturated heterocycles. The molecule has 41 heavy (non-hydrogen) atoms. The summed E-state index contributed by atoms with van der Waals surface area (Å²) in [6, 6.07) is 7.52. The minimum absolute atomic E-state index is 0.150. The van der Waals surface area contributed by atoms with Gasteiger partial charge in [0.05, 0.1) is 40.1 Å². The van der Waals surface area contributed by atoms with Gasteiger partial charge >= 0.3 is 0 Å². The minimum Gasteiger partial charge on any atom is -0.495 e. The second-order valence-electron chi connectivity index (χ2n) is 9.62. The first-order valence-corrected chi connectivity index (χ1v) is 15.6. The van der Waals surface area contributed by atoms with E-state index in [1.165, 1.54) is 4.90 Å². The third kappa shape index (κ3) is 5.84. The summed E-state index contributed by atoms with van der Waals surface area (Å²) in [6.45, 7) is 4.37. The largest absolute Gasteiger partial charge is 0.495 e. The molecule has 0 unspecified atom stereocenters. The third-order valence-electron chi connectivity index (χ3n) is 6.30. The molecule has 2 N–H and O–H groups in total. The van der Waals surface area contributed by atoms with E-state index in [9.17, 15) is 4.79 Å². The molecule has 0 spiro atoms. The number of halogens is 1. The standard InChI is InChI=1S/C28H29BrN9O2P/c1-37(2)27(39)18-12-23(40-4)22(11-17(18)16-13-33-38(3)15-16)35-28-32-14-19(29)26(36-28)34-21-8-7-20-24(25(21)41(5)6)31-10-9-30-20/h7-15H,1-6H3,(H2,32,34,35,36). The Morgan fingerprint density at radius 3 is 2.51 bits per heavy atom. The lowest BCUT2D eigenvalue weighted by atomic mass is 9.99. The molecule has 0 radical (unpaired) electrons. The molecule has 210 valence electrons. The smallest absolute Gasteiger partial charge is 0.254 e. The van der Waals surface area contributed by atoms with Crippen LogP contribution in [0.2, 0.25) is 0 Å². The Labute approximate surface area is 247 Å². The van der Waals surface area contributed by atoms with E-state index in [-0.39, 0.29) is 5.91 Å². The van der Waals surface area contributed by atoms with Gasteiger partial charge in [-0.3, -0.25) is 19.4 Å². The summed E-state index contributed by atoms with van der Waals surface area (Å²) in [7, 11) is 6.31. The van der Waals surface area contributed by atoms with Crippen LogP contribution in [0.4, 0.5) is 23.1 Å². The number of nitrogens with zero attached hydrogens (tertiary/aromatic N) is 7. The van der Waals surface area contributed by atoms with Crippen molar-refractivity contribution in [2.24, 2.45) is 7.05 Å². The first-order chi connectivity index (χ1) is 19.7. The number of hydrogen-bond acceptors (Lipinski definition) is 9. The van der Waals surface area contributed by atoms with Crippen molar-refractivity contribution in [1.29, 1.82) is 0 Å². The van der Waals surface area contributed by atoms with Crippen LogP contribution >= 0.6 is 23.9 Å². The number of nitrogens with one attached hydrogen (secondary N) is 2. The van der Waals surface area contributed by atoms with Gasteiger partial charge in [-0.05, 0) is 59.1 Å². The fourth-order valence-corrected chi connectivity index (χ4v) is 5.90. The lowest BCUT2D eigenvalue weighted by molar-refractivity contribution is 0.0828. The highest BCUT2D eigenvalue weighted by molar-refractivity contribution is 9.10. The molecule has 1 amide bonds. The summed E-state index contributed by atoms with van der Waals surface area (Å²) in [6.07, 6.45) is 8.66. The highest BCUT2D eigenvalue weighted by Crippen LogP contribution is 2.37. The maximum Gasteiger partial charge on any atom is 0.254 e. The molecule has 11 nitrogen and oxygen atoms in total. The molecule has 3 aromatic heterocycles. The van der Waals surface area contributed by atoms with Crippen LogP contribution in [0, 0.1) is 0 Å². The van der Waals surface area contributed by atoms with Crippen LogP contribution < -0.4 is 20.7 Å². The Bertz CT molecular complexity index is 1760. The number of amides is 1. The molecule has 0 bridgehead atoms. The van der Waals surface area contributed by atoms with Crippen molar-refractivity contribution in [1.82, 2.24) is 34.6 Å². The van der Waals surface area contributed by atoms with Gasteiger partial charge in [0.25, 0.3) is 5.91 Å². The summed E-state index contributed by atoms with van der Waals surface area (Å²) in [4.78, 5) is 32.9. The van der Waals surface area contributed by atoms with Gasteiger partial charge in [-0.25, -0.2) is 4.98 Å². The maximum atomic E-state index is 13.1. The SMILES string of the molecule is COc1cc(C(=O)N(C)C)c(-c2cnn(C)c2)cc1Nc1ncc(Br)c(Nc2ccc3nccnc3c2P(C)C)n1. The molecule has 13 heteroatoms. The van der Waals surface area contributed by atoms with E-state index in [1.54, 1.807) is 56.7 Å². The topological polar surface area (TPSA) is 123 Å². The zero-order chi connectivity index (χ0) is 29.3. The fraction of sp³-hybridized carbons (Fsp3) is 0.214. The second kappa shape index (κ2) is 11.8. The first kappa shape index (κ1) is 28.4. The van der Waals surface area contributed by atoms with E-state index >= 15 is 0 Å². The van der Waals surface area contributed by atoms with Gasteiger partial charge in [0.15, 0.2) is 0 Å². The summed E-state index contributed by atoms with van der Waals surface area (Å²) < 4.78 is 8.06. The predicted molar refractivity (Wildman–Crippen MR) is 167 cm³/mol. The number of carbonyl (C=O) groups excluding carboxylic acids is 1. The van der Waals surface area contributed by atoms with Crippen LogP contribution in [-0.4, -0.2) is 75.1 Å². The molecule has 5 rings (SSSR count). The molecule has 2 aromatic carbocycles.